The molecule has 2 N–H and O–H groups in total. The lowest BCUT2D eigenvalue weighted by Gasteiger charge is -2.15. The fraction of sp³-hybridized carbons (Fsp3) is 0.353. The third-order valence-corrected chi connectivity index (χ3v) is 4.35. The summed E-state index contributed by atoms with van der Waals surface area (Å²) >= 11 is 1.41. The molecule has 1 aromatic heterocycles. The Kier molecular flexibility index (Phi) is 6.01. The molecular formula is C17H18F3N3O2S. The van der Waals surface area contributed by atoms with Crippen molar-refractivity contribution in [1.82, 2.24) is 10.3 Å². The Labute approximate surface area is 152 Å². The molecule has 1 atom stereocenters. The molecule has 0 spiro atoms. The molecule has 0 radical (unpaired) electrons. The number of nitrogens with one attached hydrogen (secondary N) is 2. The Bertz CT molecular complexity index is 818. The maximum absolute atomic E-state index is 13.1. The van der Waals surface area contributed by atoms with Crippen LogP contribution in [-0.2, 0) is 11.0 Å². The number of alkyl halides is 3. The summed E-state index contributed by atoms with van der Waals surface area (Å²) in [5.41, 5.74) is -0.639. The van der Waals surface area contributed by atoms with Gasteiger partial charge >= 0.3 is 6.18 Å². The molecule has 1 aromatic carbocycles. The maximum atomic E-state index is 13.1. The van der Waals surface area contributed by atoms with Crippen LogP contribution in [0, 0.1) is 6.92 Å². The number of hydrogen-bond donors (Lipinski definition) is 2. The van der Waals surface area contributed by atoms with Crippen molar-refractivity contribution in [2.24, 2.45) is 0 Å². The van der Waals surface area contributed by atoms with Crippen molar-refractivity contribution in [1.29, 1.82) is 0 Å². The molecule has 0 aliphatic rings. The quantitative estimate of drug-likeness (QED) is 0.806. The predicted molar refractivity (Wildman–Crippen MR) is 93.1 cm³/mol. The average Bonchev–Trinajstić information content (AvgIpc) is 3.00. The van der Waals surface area contributed by atoms with Gasteiger partial charge in [-0.25, -0.2) is 4.98 Å². The number of rotatable bonds is 5. The van der Waals surface area contributed by atoms with Gasteiger partial charge < -0.3 is 10.6 Å². The first-order chi connectivity index (χ1) is 12.1. The minimum absolute atomic E-state index is 0.0750. The van der Waals surface area contributed by atoms with Crippen molar-refractivity contribution >= 4 is 28.8 Å². The number of benzene rings is 1. The molecular weight excluding hydrogens is 367 g/mol. The summed E-state index contributed by atoms with van der Waals surface area (Å²) in [5, 5.41) is 7.58. The summed E-state index contributed by atoms with van der Waals surface area (Å²) in [6.45, 7) is 5.09. The van der Waals surface area contributed by atoms with E-state index in [-0.39, 0.29) is 17.7 Å². The number of carbonyl (C=O) groups excluding carboxylic acids is 2. The summed E-state index contributed by atoms with van der Waals surface area (Å²) in [4.78, 5) is 28.1. The highest BCUT2D eigenvalue weighted by Crippen LogP contribution is 2.32. The Balaban J connectivity index is 2.29. The second kappa shape index (κ2) is 7.86. The van der Waals surface area contributed by atoms with Crippen molar-refractivity contribution in [3.8, 4) is 0 Å². The van der Waals surface area contributed by atoms with Crippen LogP contribution in [0.3, 0.4) is 0 Å². The molecule has 2 aromatic rings. The first kappa shape index (κ1) is 19.9. The lowest BCUT2D eigenvalue weighted by atomic mass is 10.1. The van der Waals surface area contributed by atoms with Gasteiger partial charge in [-0.05, 0) is 32.0 Å². The summed E-state index contributed by atoms with van der Waals surface area (Å²) in [5.74, 6) is -1.12. The SMILES string of the molecule is CCC(=O)Nc1cc(C(=O)NC(C)c2csc(C)n2)cc(C(F)(F)F)c1. The molecule has 26 heavy (non-hydrogen) atoms. The molecule has 2 rings (SSSR count). The maximum Gasteiger partial charge on any atom is 0.416 e. The monoisotopic (exact) mass is 385 g/mol. The van der Waals surface area contributed by atoms with Crippen molar-refractivity contribution in [2.45, 2.75) is 39.4 Å². The van der Waals surface area contributed by atoms with E-state index in [1.807, 2.05) is 6.92 Å². The van der Waals surface area contributed by atoms with Crippen molar-refractivity contribution in [3.63, 3.8) is 0 Å². The molecule has 0 fully saturated rings. The summed E-state index contributed by atoms with van der Waals surface area (Å²) < 4.78 is 39.3. The largest absolute Gasteiger partial charge is 0.416 e. The number of nitrogens with zero attached hydrogens (tertiary/aromatic N) is 1. The first-order valence-electron chi connectivity index (χ1n) is 7.85. The molecule has 0 saturated heterocycles. The minimum atomic E-state index is -4.64. The number of anilines is 1. The van der Waals surface area contributed by atoms with E-state index in [9.17, 15) is 22.8 Å². The van der Waals surface area contributed by atoms with Gasteiger partial charge in [-0.3, -0.25) is 9.59 Å². The molecule has 5 nitrogen and oxygen atoms in total. The van der Waals surface area contributed by atoms with Crippen LogP contribution in [0.2, 0.25) is 0 Å². The van der Waals surface area contributed by atoms with Crippen molar-refractivity contribution < 1.29 is 22.8 Å². The van der Waals surface area contributed by atoms with E-state index in [2.05, 4.69) is 15.6 Å². The predicted octanol–water partition coefficient (Wildman–Crippen LogP) is 4.31. The molecule has 0 bridgehead atoms. The van der Waals surface area contributed by atoms with Gasteiger partial charge in [-0.1, -0.05) is 6.92 Å². The number of thiazole rings is 1. The summed E-state index contributed by atoms with van der Waals surface area (Å²) in [6, 6.07) is 2.32. The second-order valence-electron chi connectivity index (χ2n) is 5.69. The smallest absolute Gasteiger partial charge is 0.344 e. The fourth-order valence-electron chi connectivity index (χ4n) is 2.18. The number of carbonyl (C=O) groups is 2. The Morgan fingerprint density at radius 3 is 2.50 bits per heavy atom. The summed E-state index contributed by atoms with van der Waals surface area (Å²) in [7, 11) is 0. The molecule has 9 heteroatoms. The van der Waals surface area contributed by atoms with E-state index >= 15 is 0 Å². The molecule has 0 aliphatic carbocycles. The Morgan fingerprint density at radius 2 is 1.96 bits per heavy atom. The molecule has 0 saturated carbocycles. The van der Waals surface area contributed by atoms with Gasteiger partial charge in [0.2, 0.25) is 5.91 Å². The second-order valence-corrected chi connectivity index (χ2v) is 6.75. The van der Waals surface area contributed by atoms with Gasteiger partial charge in [0.1, 0.15) is 0 Å². The van der Waals surface area contributed by atoms with E-state index in [0.717, 1.165) is 17.1 Å². The molecule has 140 valence electrons. The van der Waals surface area contributed by atoms with Gasteiger partial charge in [0.25, 0.3) is 5.91 Å². The third kappa shape index (κ3) is 5.04. The lowest BCUT2D eigenvalue weighted by molar-refractivity contribution is -0.137. The van der Waals surface area contributed by atoms with Crippen molar-refractivity contribution in [2.75, 3.05) is 5.32 Å². The van der Waals surface area contributed by atoms with Crippen LogP contribution in [-0.4, -0.2) is 16.8 Å². The first-order valence-corrected chi connectivity index (χ1v) is 8.73. The number of amides is 2. The number of halogens is 3. The van der Waals surface area contributed by atoms with E-state index < -0.39 is 29.6 Å². The van der Waals surface area contributed by atoms with Crippen LogP contribution in [0.15, 0.2) is 23.6 Å². The van der Waals surface area contributed by atoms with Gasteiger partial charge in [0, 0.05) is 23.1 Å². The zero-order valence-electron chi connectivity index (χ0n) is 14.4. The number of aromatic nitrogens is 1. The molecule has 2 amide bonds. The number of aryl methyl sites for hydroxylation is 1. The van der Waals surface area contributed by atoms with Crippen LogP contribution in [0.4, 0.5) is 18.9 Å². The van der Waals surface area contributed by atoms with Gasteiger partial charge in [0.15, 0.2) is 0 Å². The zero-order chi connectivity index (χ0) is 19.5. The molecule has 1 heterocycles. The third-order valence-electron chi connectivity index (χ3n) is 3.56. The van der Waals surface area contributed by atoms with Crippen LogP contribution in [0.1, 0.15) is 52.9 Å². The zero-order valence-corrected chi connectivity index (χ0v) is 15.2. The number of hydrogen-bond acceptors (Lipinski definition) is 4. The van der Waals surface area contributed by atoms with Gasteiger partial charge in [0.05, 0.1) is 22.3 Å². The highest BCUT2D eigenvalue weighted by atomic mass is 32.1. The average molecular weight is 385 g/mol. The minimum Gasteiger partial charge on any atom is -0.344 e. The van der Waals surface area contributed by atoms with E-state index in [1.165, 1.54) is 17.4 Å². The normalized spacial score (nSPS) is 12.5. The van der Waals surface area contributed by atoms with Crippen LogP contribution in [0.5, 0.6) is 0 Å². The highest BCUT2D eigenvalue weighted by Gasteiger charge is 2.32. The standard InChI is InChI=1S/C17H18F3N3O2S/c1-4-15(24)23-13-6-11(5-12(7-13)17(18,19)20)16(25)21-9(2)14-8-26-10(3)22-14/h5-9H,4H2,1-3H3,(H,21,25)(H,23,24). The fourth-order valence-corrected chi connectivity index (χ4v) is 2.88. The topological polar surface area (TPSA) is 71.1 Å². The lowest BCUT2D eigenvalue weighted by Crippen LogP contribution is -2.27. The van der Waals surface area contributed by atoms with Crippen molar-refractivity contribution in [3.05, 3.63) is 45.4 Å². The van der Waals surface area contributed by atoms with E-state index in [1.54, 1.807) is 19.2 Å². The van der Waals surface area contributed by atoms with Crippen LogP contribution >= 0.6 is 11.3 Å². The van der Waals surface area contributed by atoms with E-state index in [4.69, 9.17) is 0 Å². The summed E-state index contributed by atoms with van der Waals surface area (Å²) in [6.07, 6.45) is -4.53. The Morgan fingerprint density at radius 1 is 1.27 bits per heavy atom. The van der Waals surface area contributed by atoms with Gasteiger partial charge in [-0.2, -0.15) is 13.2 Å². The van der Waals surface area contributed by atoms with Gasteiger partial charge in [-0.15, -0.1) is 11.3 Å². The Hall–Kier alpha value is -2.42. The van der Waals surface area contributed by atoms with E-state index in [0.29, 0.717) is 5.69 Å². The molecule has 0 aliphatic heterocycles. The van der Waals surface area contributed by atoms with Crippen LogP contribution in [0.25, 0.3) is 0 Å². The molecule has 1 unspecified atom stereocenters. The highest BCUT2D eigenvalue weighted by molar-refractivity contribution is 7.09. The van der Waals surface area contributed by atoms with Crippen LogP contribution < -0.4 is 10.6 Å².